The standard InChI is InChI=1S/C12H6F5N3O3/c1-5-6(12(15,16)17)4-18-19(11(5)21)9-2-8(14)10(20(22)23)3-7(9)13/h2-4H,1H3. The van der Waals surface area contributed by atoms with Gasteiger partial charge in [0.1, 0.15) is 5.69 Å². The summed E-state index contributed by atoms with van der Waals surface area (Å²) in [6.45, 7) is 0.850. The van der Waals surface area contributed by atoms with E-state index in [2.05, 4.69) is 5.10 Å². The van der Waals surface area contributed by atoms with Gasteiger partial charge in [0, 0.05) is 11.6 Å². The first kappa shape index (κ1) is 16.5. The van der Waals surface area contributed by atoms with Gasteiger partial charge in [0.15, 0.2) is 5.82 Å². The van der Waals surface area contributed by atoms with Gasteiger partial charge in [-0.25, -0.2) is 4.39 Å². The molecule has 1 aromatic heterocycles. The lowest BCUT2D eigenvalue weighted by Gasteiger charge is -2.12. The molecule has 0 aliphatic heterocycles. The van der Waals surface area contributed by atoms with Crippen LogP contribution in [0.2, 0.25) is 0 Å². The highest BCUT2D eigenvalue weighted by atomic mass is 19.4. The Morgan fingerprint density at radius 3 is 2.35 bits per heavy atom. The number of benzene rings is 1. The van der Waals surface area contributed by atoms with Crippen molar-refractivity contribution in [2.75, 3.05) is 0 Å². The highest BCUT2D eigenvalue weighted by Gasteiger charge is 2.34. The Bertz CT molecular complexity index is 860. The van der Waals surface area contributed by atoms with Gasteiger partial charge in [-0.1, -0.05) is 0 Å². The first-order valence-electron chi connectivity index (χ1n) is 5.84. The molecule has 2 aromatic rings. The molecule has 11 heteroatoms. The zero-order valence-corrected chi connectivity index (χ0v) is 11.2. The van der Waals surface area contributed by atoms with Gasteiger partial charge in [0.05, 0.1) is 22.7 Å². The second-order valence-corrected chi connectivity index (χ2v) is 4.41. The number of rotatable bonds is 2. The second-order valence-electron chi connectivity index (χ2n) is 4.41. The lowest BCUT2D eigenvalue weighted by atomic mass is 10.2. The van der Waals surface area contributed by atoms with Crippen molar-refractivity contribution in [3.8, 4) is 5.69 Å². The van der Waals surface area contributed by atoms with Crippen LogP contribution in [0.3, 0.4) is 0 Å². The van der Waals surface area contributed by atoms with Gasteiger partial charge in [0.2, 0.25) is 5.82 Å². The van der Waals surface area contributed by atoms with E-state index in [0.29, 0.717) is 6.07 Å². The molecule has 1 heterocycles. The molecule has 0 spiro atoms. The topological polar surface area (TPSA) is 78.0 Å². The minimum Gasteiger partial charge on any atom is -0.267 e. The number of aromatic nitrogens is 2. The zero-order chi connectivity index (χ0) is 17.5. The van der Waals surface area contributed by atoms with Crippen LogP contribution in [0.4, 0.5) is 27.6 Å². The van der Waals surface area contributed by atoms with Crippen LogP contribution >= 0.6 is 0 Å². The summed E-state index contributed by atoms with van der Waals surface area (Å²) in [6, 6.07) is 0.528. The van der Waals surface area contributed by atoms with Crippen molar-refractivity contribution in [3.63, 3.8) is 0 Å². The fourth-order valence-corrected chi connectivity index (χ4v) is 1.82. The minimum absolute atomic E-state index is 0.201. The van der Waals surface area contributed by atoms with Crippen LogP contribution in [0.25, 0.3) is 5.69 Å². The Hall–Kier alpha value is -2.85. The number of nitro benzene ring substituents is 1. The van der Waals surface area contributed by atoms with E-state index in [1.807, 2.05) is 0 Å². The van der Waals surface area contributed by atoms with E-state index in [4.69, 9.17) is 0 Å². The van der Waals surface area contributed by atoms with E-state index in [0.717, 1.165) is 6.92 Å². The molecular formula is C12H6F5N3O3. The Labute approximate surface area is 123 Å². The van der Waals surface area contributed by atoms with Crippen molar-refractivity contribution in [2.24, 2.45) is 0 Å². The Kier molecular flexibility index (Phi) is 3.89. The largest absolute Gasteiger partial charge is 0.418 e. The van der Waals surface area contributed by atoms with E-state index in [1.54, 1.807) is 0 Å². The Balaban J connectivity index is 2.70. The summed E-state index contributed by atoms with van der Waals surface area (Å²) < 4.78 is 65.5. The third kappa shape index (κ3) is 2.89. The number of alkyl halides is 3. The van der Waals surface area contributed by atoms with Crippen molar-refractivity contribution in [1.29, 1.82) is 0 Å². The summed E-state index contributed by atoms with van der Waals surface area (Å²) in [5.74, 6) is -2.84. The third-order valence-corrected chi connectivity index (χ3v) is 2.97. The van der Waals surface area contributed by atoms with Gasteiger partial charge in [-0.2, -0.15) is 27.3 Å². The van der Waals surface area contributed by atoms with Gasteiger partial charge in [0.25, 0.3) is 5.56 Å². The second kappa shape index (κ2) is 5.41. The number of hydrogen-bond acceptors (Lipinski definition) is 4. The van der Waals surface area contributed by atoms with Crippen molar-refractivity contribution in [2.45, 2.75) is 13.1 Å². The van der Waals surface area contributed by atoms with Crippen molar-refractivity contribution < 1.29 is 26.9 Å². The third-order valence-electron chi connectivity index (χ3n) is 2.97. The maximum atomic E-state index is 13.8. The number of hydrogen-bond donors (Lipinski definition) is 0. The molecule has 0 unspecified atom stereocenters. The SMILES string of the molecule is Cc1c(C(F)(F)F)cnn(-c2cc(F)c([N+](=O)[O-])cc2F)c1=O. The van der Waals surface area contributed by atoms with E-state index in [1.165, 1.54) is 0 Å². The summed E-state index contributed by atoms with van der Waals surface area (Å²) in [7, 11) is 0. The van der Waals surface area contributed by atoms with E-state index in [9.17, 15) is 36.9 Å². The Morgan fingerprint density at radius 1 is 1.22 bits per heavy atom. The minimum atomic E-state index is -4.84. The molecule has 0 aliphatic carbocycles. The summed E-state index contributed by atoms with van der Waals surface area (Å²) in [5, 5.41) is 13.6. The maximum Gasteiger partial charge on any atom is 0.418 e. The quantitative estimate of drug-likeness (QED) is 0.480. The fourth-order valence-electron chi connectivity index (χ4n) is 1.82. The molecule has 0 saturated heterocycles. The number of nitrogens with zero attached hydrogens (tertiary/aromatic N) is 3. The molecule has 2 rings (SSSR count). The van der Waals surface area contributed by atoms with Crippen molar-refractivity contribution in [3.05, 3.63) is 61.6 Å². The predicted octanol–water partition coefficient (Wildman–Crippen LogP) is 2.75. The molecular weight excluding hydrogens is 329 g/mol. The summed E-state index contributed by atoms with van der Waals surface area (Å²) in [5.41, 5.74) is -5.43. The van der Waals surface area contributed by atoms with Crippen molar-refractivity contribution >= 4 is 5.69 Å². The summed E-state index contributed by atoms with van der Waals surface area (Å²) in [6.07, 6.45) is -4.55. The van der Waals surface area contributed by atoms with Crippen LogP contribution in [-0.4, -0.2) is 14.7 Å². The lowest BCUT2D eigenvalue weighted by molar-refractivity contribution is -0.387. The molecule has 0 saturated carbocycles. The first-order valence-corrected chi connectivity index (χ1v) is 5.84. The average molecular weight is 335 g/mol. The monoisotopic (exact) mass is 335 g/mol. The molecule has 6 nitrogen and oxygen atoms in total. The van der Waals surface area contributed by atoms with Crippen molar-refractivity contribution in [1.82, 2.24) is 9.78 Å². The number of nitro groups is 1. The molecule has 0 amide bonds. The molecule has 1 aromatic carbocycles. The molecule has 0 N–H and O–H groups in total. The average Bonchev–Trinajstić information content (AvgIpc) is 2.42. The molecule has 0 fully saturated rings. The molecule has 0 bridgehead atoms. The smallest absolute Gasteiger partial charge is 0.267 e. The predicted molar refractivity (Wildman–Crippen MR) is 66.1 cm³/mol. The first-order chi connectivity index (χ1) is 10.5. The lowest BCUT2D eigenvalue weighted by Crippen LogP contribution is -2.28. The fraction of sp³-hybridized carbons (Fsp3) is 0.167. The molecule has 0 radical (unpaired) electrons. The van der Waals surface area contributed by atoms with Crippen LogP contribution < -0.4 is 5.56 Å². The summed E-state index contributed by atoms with van der Waals surface area (Å²) >= 11 is 0. The summed E-state index contributed by atoms with van der Waals surface area (Å²) in [4.78, 5) is 21.2. The van der Waals surface area contributed by atoms with E-state index >= 15 is 0 Å². The van der Waals surface area contributed by atoms with Gasteiger partial charge in [-0.15, -0.1) is 0 Å². The van der Waals surface area contributed by atoms with Crippen LogP contribution in [0.15, 0.2) is 23.1 Å². The Morgan fingerprint density at radius 2 is 1.83 bits per heavy atom. The van der Waals surface area contributed by atoms with Crippen LogP contribution in [0.5, 0.6) is 0 Å². The van der Waals surface area contributed by atoms with Crippen LogP contribution in [0.1, 0.15) is 11.1 Å². The zero-order valence-electron chi connectivity index (χ0n) is 11.2. The molecule has 23 heavy (non-hydrogen) atoms. The maximum absolute atomic E-state index is 13.8. The van der Waals surface area contributed by atoms with E-state index < -0.39 is 50.8 Å². The highest BCUT2D eigenvalue weighted by Crippen LogP contribution is 2.30. The van der Waals surface area contributed by atoms with Crippen LogP contribution in [0, 0.1) is 28.7 Å². The van der Waals surface area contributed by atoms with Crippen LogP contribution in [-0.2, 0) is 6.18 Å². The van der Waals surface area contributed by atoms with Gasteiger partial charge < -0.3 is 0 Å². The van der Waals surface area contributed by atoms with Gasteiger partial charge >= 0.3 is 11.9 Å². The van der Waals surface area contributed by atoms with E-state index in [-0.39, 0.29) is 16.9 Å². The highest BCUT2D eigenvalue weighted by molar-refractivity contribution is 5.43. The van der Waals surface area contributed by atoms with Gasteiger partial charge in [-0.05, 0) is 6.92 Å². The number of halogens is 5. The molecule has 0 aliphatic rings. The normalized spacial score (nSPS) is 11.6. The molecule has 0 atom stereocenters. The van der Waals surface area contributed by atoms with Gasteiger partial charge in [-0.3, -0.25) is 14.9 Å². The molecule has 122 valence electrons.